The maximum atomic E-state index is 6.17. The van der Waals surface area contributed by atoms with Gasteiger partial charge in [0.25, 0.3) is 0 Å². The molecule has 1 rings (SSSR count). The van der Waals surface area contributed by atoms with Crippen LogP contribution in [0.3, 0.4) is 0 Å². The molecule has 1 nitrogen and oxygen atoms in total. The summed E-state index contributed by atoms with van der Waals surface area (Å²) in [5.74, 6) is 0. The fourth-order valence-corrected chi connectivity index (χ4v) is 3.31. The number of unbranched alkanes of at least 4 members (excludes halogenated alkanes) is 8. The summed E-state index contributed by atoms with van der Waals surface area (Å²) in [5.41, 5.74) is 6.17. The van der Waals surface area contributed by atoms with Crippen LogP contribution in [0.1, 0.15) is 76.0 Å². The molecule has 0 saturated heterocycles. The minimum absolute atomic E-state index is 0.364. The molecule has 1 aromatic rings. The molecule has 0 aliphatic heterocycles. The first-order valence-corrected chi connectivity index (χ1v) is 8.99. The van der Waals surface area contributed by atoms with Crippen molar-refractivity contribution in [3.05, 3.63) is 22.4 Å². The van der Waals surface area contributed by atoms with Crippen molar-refractivity contribution in [3.8, 4) is 0 Å². The Balaban J connectivity index is 1.85. The number of thiophene rings is 1. The topological polar surface area (TPSA) is 26.0 Å². The van der Waals surface area contributed by atoms with Crippen molar-refractivity contribution in [1.82, 2.24) is 0 Å². The maximum Gasteiger partial charge on any atom is 0.00871 e. The second kappa shape index (κ2) is 11.5. The van der Waals surface area contributed by atoms with Crippen molar-refractivity contribution in [1.29, 1.82) is 0 Å². The molecule has 0 radical (unpaired) electrons. The van der Waals surface area contributed by atoms with Crippen molar-refractivity contribution in [2.24, 2.45) is 5.73 Å². The molecule has 1 unspecified atom stereocenters. The fourth-order valence-electron chi connectivity index (χ4n) is 2.51. The predicted molar refractivity (Wildman–Crippen MR) is 87.8 cm³/mol. The minimum atomic E-state index is 0.364. The van der Waals surface area contributed by atoms with Gasteiger partial charge in [0.2, 0.25) is 0 Å². The zero-order valence-electron chi connectivity index (χ0n) is 12.6. The van der Waals surface area contributed by atoms with E-state index < -0.39 is 0 Å². The van der Waals surface area contributed by atoms with Gasteiger partial charge in [-0.05, 0) is 24.3 Å². The van der Waals surface area contributed by atoms with Crippen molar-refractivity contribution < 1.29 is 0 Å². The lowest BCUT2D eigenvalue weighted by Gasteiger charge is -2.10. The Morgan fingerprint density at radius 3 is 2.21 bits per heavy atom. The second-order valence-electron chi connectivity index (χ2n) is 5.66. The third kappa shape index (κ3) is 9.23. The molecule has 0 fully saturated rings. The summed E-state index contributed by atoms with van der Waals surface area (Å²) in [6.07, 6.45) is 14.8. The molecule has 0 spiro atoms. The molecule has 0 amide bonds. The Morgan fingerprint density at radius 2 is 1.63 bits per heavy atom. The van der Waals surface area contributed by atoms with Gasteiger partial charge in [0.1, 0.15) is 0 Å². The third-order valence-corrected chi connectivity index (χ3v) is 4.62. The summed E-state index contributed by atoms with van der Waals surface area (Å²) in [7, 11) is 0. The summed E-state index contributed by atoms with van der Waals surface area (Å²) >= 11 is 1.83. The lowest BCUT2D eigenvalue weighted by molar-refractivity contribution is 0.523. The molecule has 2 N–H and O–H groups in total. The number of nitrogens with two attached hydrogens (primary N) is 1. The zero-order valence-corrected chi connectivity index (χ0v) is 13.4. The van der Waals surface area contributed by atoms with Crippen LogP contribution in [0.15, 0.2) is 17.5 Å². The van der Waals surface area contributed by atoms with Gasteiger partial charge >= 0.3 is 0 Å². The number of hydrogen-bond acceptors (Lipinski definition) is 2. The standard InChI is InChI=1S/C17H31NS/c1-2-3-4-5-6-7-8-9-10-12-16(18)15-17-13-11-14-19-17/h11,13-14,16H,2-10,12,15,18H2,1H3. The molecule has 0 saturated carbocycles. The summed E-state index contributed by atoms with van der Waals surface area (Å²) < 4.78 is 0. The van der Waals surface area contributed by atoms with E-state index >= 15 is 0 Å². The van der Waals surface area contributed by atoms with Crippen molar-refractivity contribution in [3.63, 3.8) is 0 Å². The maximum absolute atomic E-state index is 6.17. The molecular weight excluding hydrogens is 250 g/mol. The van der Waals surface area contributed by atoms with Gasteiger partial charge in [-0.15, -0.1) is 11.3 Å². The highest BCUT2D eigenvalue weighted by molar-refractivity contribution is 7.09. The molecule has 0 aliphatic rings. The van der Waals surface area contributed by atoms with Gasteiger partial charge in [0.15, 0.2) is 0 Å². The Labute approximate surface area is 123 Å². The molecule has 2 heteroatoms. The molecule has 0 bridgehead atoms. The van der Waals surface area contributed by atoms with E-state index in [0.717, 1.165) is 6.42 Å². The smallest absolute Gasteiger partial charge is 0.00871 e. The largest absolute Gasteiger partial charge is 0.327 e. The van der Waals surface area contributed by atoms with Crippen molar-refractivity contribution >= 4 is 11.3 Å². The van der Waals surface area contributed by atoms with Crippen LogP contribution in [0, 0.1) is 0 Å². The molecule has 19 heavy (non-hydrogen) atoms. The highest BCUT2D eigenvalue weighted by Crippen LogP contribution is 2.14. The summed E-state index contributed by atoms with van der Waals surface area (Å²) in [6.45, 7) is 2.28. The summed E-state index contributed by atoms with van der Waals surface area (Å²) in [6, 6.07) is 4.68. The van der Waals surface area contributed by atoms with Crippen LogP contribution in [0.25, 0.3) is 0 Å². The lowest BCUT2D eigenvalue weighted by Crippen LogP contribution is -2.22. The first-order valence-electron chi connectivity index (χ1n) is 8.11. The second-order valence-corrected chi connectivity index (χ2v) is 6.69. The predicted octanol–water partition coefficient (Wildman–Crippen LogP) is 5.54. The van der Waals surface area contributed by atoms with E-state index in [0.29, 0.717) is 6.04 Å². The van der Waals surface area contributed by atoms with Gasteiger partial charge in [0, 0.05) is 10.9 Å². The van der Waals surface area contributed by atoms with Crippen LogP contribution in [0.2, 0.25) is 0 Å². The molecule has 0 aromatic carbocycles. The molecule has 110 valence electrons. The Kier molecular flexibility index (Phi) is 10.1. The SMILES string of the molecule is CCCCCCCCCCCC(N)Cc1cccs1. The van der Waals surface area contributed by atoms with Gasteiger partial charge in [0.05, 0.1) is 0 Å². The van der Waals surface area contributed by atoms with Crippen molar-refractivity contribution in [2.75, 3.05) is 0 Å². The first-order chi connectivity index (χ1) is 9.33. The van der Waals surface area contributed by atoms with Crippen LogP contribution >= 0.6 is 11.3 Å². The quantitative estimate of drug-likeness (QED) is 0.500. The minimum Gasteiger partial charge on any atom is -0.327 e. The highest BCUT2D eigenvalue weighted by Gasteiger charge is 2.04. The Hall–Kier alpha value is -0.340. The van der Waals surface area contributed by atoms with E-state index in [1.54, 1.807) is 0 Å². The number of rotatable bonds is 12. The average molecular weight is 282 g/mol. The van der Waals surface area contributed by atoms with Crippen LogP contribution in [0.5, 0.6) is 0 Å². The van der Waals surface area contributed by atoms with E-state index in [2.05, 4.69) is 24.4 Å². The van der Waals surface area contributed by atoms with Gasteiger partial charge in [-0.25, -0.2) is 0 Å². The fraction of sp³-hybridized carbons (Fsp3) is 0.765. The Morgan fingerprint density at radius 1 is 1.00 bits per heavy atom. The van der Waals surface area contributed by atoms with Gasteiger partial charge in [-0.1, -0.05) is 70.8 Å². The van der Waals surface area contributed by atoms with Crippen LogP contribution in [-0.2, 0) is 6.42 Å². The van der Waals surface area contributed by atoms with E-state index in [4.69, 9.17) is 5.73 Å². The van der Waals surface area contributed by atoms with Crippen LogP contribution in [0.4, 0.5) is 0 Å². The van der Waals surface area contributed by atoms with E-state index in [1.807, 2.05) is 11.3 Å². The monoisotopic (exact) mass is 281 g/mol. The average Bonchev–Trinajstić information content (AvgIpc) is 2.89. The van der Waals surface area contributed by atoms with Crippen molar-refractivity contribution in [2.45, 2.75) is 83.6 Å². The molecular formula is C17H31NS. The molecule has 1 atom stereocenters. The van der Waals surface area contributed by atoms with E-state index in [9.17, 15) is 0 Å². The molecule has 0 aliphatic carbocycles. The van der Waals surface area contributed by atoms with E-state index in [1.165, 1.54) is 69.1 Å². The molecule has 1 aromatic heterocycles. The van der Waals surface area contributed by atoms with E-state index in [-0.39, 0.29) is 0 Å². The first kappa shape index (κ1) is 16.7. The van der Waals surface area contributed by atoms with Gasteiger partial charge in [-0.3, -0.25) is 0 Å². The molecule has 1 heterocycles. The summed E-state index contributed by atoms with van der Waals surface area (Å²) in [4.78, 5) is 1.43. The zero-order chi connectivity index (χ0) is 13.8. The lowest BCUT2D eigenvalue weighted by atomic mass is 10.0. The van der Waals surface area contributed by atoms with Crippen LogP contribution in [-0.4, -0.2) is 6.04 Å². The van der Waals surface area contributed by atoms with Gasteiger partial charge < -0.3 is 5.73 Å². The summed E-state index contributed by atoms with van der Waals surface area (Å²) in [5, 5.41) is 2.14. The normalized spacial score (nSPS) is 12.7. The highest BCUT2D eigenvalue weighted by atomic mass is 32.1. The third-order valence-electron chi connectivity index (χ3n) is 3.72. The number of hydrogen-bond donors (Lipinski definition) is 1. The van der Waals surface area contributed by atoms with Gasteiger partial charge in [-0.2, -0.15) is 0 Å². The van der Waals surface area contributed by atoms with Crippen LogP contribution < -0.4 is 5.73 Å². The Bertz CT molecular complexity index is 281.